The van der Waals surface area contributed by atoms with Crippen LogP contribution in [0.2, 0.25) is 0 Å². The van der Waals surface area contributed by atoms with Gasteiger partial charge < -0.3 is 14.6 Å². The van der Waals surface area contributed by atoms with Crippen molar-refractivity contribution in [1.29, 1.82) is 0 Å². The highest BCUT2D eigenvalue weighted by Crippen LogP contribution is 2.44. The molecule has 2 aromatic carbocycles. The van der Waals surface area contributed by atoms with Crippen LogP contribution in [0, 0.1) is 0 Å². The topological polar surface area (TPSA) is 95.6 Å². The lowest BCUT2D eigenvalue weighted by molar-refractivity contribution is -0.142. The van der Waals surface area contributed by atoms with Gasteiger partial charge in [-0.15, -0.1) is 0 Å². The molecule has 1 N–H and O–H groups in total. The molecular weight excluding hydrogens is 432 g/mol. The molecule has 2 atom stereocenters. The van der Waals surface area contributed by atoms with E-state index in [0.717, 1.165) is 34.6 Å². The number of imidazole rings is 1. The zero-order chi connectivity index (χ0) is 23.9. The number of piperidine rings is 1. The highest BCUT2D eigenvalue weighted by atomic mass is 16.5. The highest BCUT2D eigenvalue weighted by molar-refractivity contribution is 6.10. The van der Waals surface area contributed by atoms with Gasteiger partial charge in [0, 0.05) is 44.5 Å². The van der Waals surface area contributed by atoms with Gasteiger partial charge in [0.15, 0.2) is 0 Å². The Morgan fingerprint density at radius 2 is 1.94 bits per heavy atom. The number of ether oxygens (including phenoxy) is 1. The number of methoxy groups -OCH3 is 1. The van der Waals surface area contributed by atoms with E-state index in [9.17, 15) is 14.4 Å². The molecule has 2 fully saturated rings. The van der Waals surface area contributed by atoms with Crippen molar-refractivity contribution >= 4 is 28.8 Å². The molecule has 34 heavy (non-hydrogen) atoms. The second-order valence-electron chi connectivity index (χ2n) is 9.21. The van der Waals surface area contributed by atoms with Crippen molar-refractivity contribution in [3.8, 4) is 5.75 Å². The van der Waals surface area contributed by atoms with E-state index >= 15 is 0 Å². The van der Waals surface area contributed by atoms with Gasteiger partial charge in [-0.2, -0.15) is 0 Å². The Balaban J connectivity index is 1.42. The number of hydrogen-bond acceptors (Lipinski definition) is 5. The fourth-order valence-electron chi connectivity index (χ4n) is 5.33. The van der Waals surface area contributed by atoms with Crippen LogP contribution < -0.4 is 4.74 Å². The zero-order valence-electron chi connectivity index (χ0n) is 19.4. The molecule has 2 aliphatic rings. The molecule has 0 bridgehead atoms. The van der Waals surface area contributed by atoms with E-state index in [1.54, 1.807) is 18.2 Å². The minimum Gasteiger partial charge on any atom is -0.496 e. The number of carbonyl (C=O) groups excluding carboxylic acids is 3. The number of nitrogens with one attached hydrogen (secondary N) is 1. The highest BCUT2D eigenvalue weighted by Gasteiger charge is 2.54. The van der Waals surface area contributed by atoms with Gasteiger partial charge in [0.2, 0.25) is 17.7 Å². The first-order chi connectivity index (χ1) is 16.4. The molecule has 3 amide bonds. The number of para-hydroxylation sites is 3. The normalized spacial score (nSPS) is 23.1. The van der Waals surface area contributed by atoms with E-state index in [4.69, 9.17) is 9.72 Å². The first-order valence-corrected chi connectivity index (χ1v) is 11.6. The Morgan fingerprint density at radius 1 is 1.18 bits per heavy atom. The second kappa shape index (κ2) is 8.59. The SMILES string of the molecule is COc1ccccc1[C@]1(CC(=O)N2CCC[C@H](c3nc4ccccc4[nH]3)C2)CC(=O)N(C)C1=O. The Labute approximate surface area is 197 Å². The molecule has 0 aliphatic carbocycles. The van der Waals surface area contributed by atoms with Crippen LogP contribution in [-0.4, -0.2) is 64.7 Å². The van der Waals surface area contributed by atoms with Gasteiger partial charge in [-0.05, 0) is 31.0 Å². The summed E-state index contributed by atoms with van der Waals surface area (Å²) in [7, 11) is 3.01. The van der Waals surface area contributed by atoms with E-state index in [-0.39, 0.29) is 36.5 Å². The summed E-state index contributed by atoms with van der Waals surface area (Å²) in [5, 5.41) is 0. The largest absolute Gasteiger partial charge is 0.496 e. The maximum Gasteiger partial charge on any atom is 0.240 e. The third-order valence-corrected chi connectivity index (χ3v) is 7.19. The maximum atomic E-state index is 13.6. The fourth-order valence-corrected chi connectivity index (χ4v) is 5.33. The second-order valence-corrected chi connectivity index (χ2v) is 9.21. The third kappa shape index (κ3) is 3.63. The molecule has 176 valence electrons. The van der Waals surface area contributed by atoms with E-state index in [0.29, 0.717) is 24.4 Å². The number of H-pyrrole nitrogens is 1. The lowest BCUT2D eigenvalue weighted by Crippen LogP contribution is -2.45. The predicted molar refractivity (Wildman–Crippen MR) is 126 cm³/mol. The van der Waals surface area contributed by atoms with E-state index < -0.39 is 5.41 Å². The Morgan fingerprint density at radius 3 is 2.68 bits per heavy atom. The van der Waals surface area contributed by atoms with E-state index in [1.165, 1.54) is 14.2 Å². The van der Waals surface area contributed by atoms with Crippen LogP contribution in [0.4, 0.5) is 0 Å². The average Bonchev–Trinajstić information content (AvgIpc) is 3.40. The van der Waals surface area contributed by atoms with Crippen LogP contribution in [0.1, 0.15) is 43.0 Å². The van der Waals surface area contributed by atoms with Gasteiger partial charge in [0.05, 0.1) is 23.6 Å². The predicted octanol–water partition coefficient (Wildman–Crippen LogP) is 2.99. The maximum absolute atomic E-state index is 13.6. The number of carbonyl (C=O) groups is 3. The van der Waals surface area contributed by atoms with Gasteiger partial charge >= 0.3 is 0 Å². The number of likely N-dealkylation sites (tertiary alicyclic amines) is 2. The van der Waals surface area contributed by atoms with Crippen molar-refractivity contribution in [2.24, 2.45) is 0 Å². The molecule has 2 aliphatic heterocycles. The molecule has 1 aromatic heterocycles. The third-order valence-electron chi connectivity index (χ3n) is 7.19. The van der Waals surface area contributed by atoms with Gasteiger partial charge in [0.1, 0.15) is 11.6 Å². The number of likely N-dealkylation sites (N-methyl/N-ethyl adjacent to an activating group) is 1. The van der Waals surface area contributed by atoms with Crippen LogP contribution in [0.15, 0.2) is 48.5 Å². The number of imide groups is 1. The summed E-state index contributed by atoms with van der Waals surface area (Å²) >= 11 is 0. The molecule has 8 heteroatoms. The summed E-state index contributed by atoms with van der Waals surface area (Å²) in [6, 6.07) is 15.0. The minimum absolute atomic E-state index is 0.0463. The molecule has 3 heterocycles. The Bertz CT molecular complexity index is 1240. The summed E-state index contributed by atoms with van der Waals surface area (Å²) in [6.45, 7) is 1.15. The quantitative estimate of drug-likeness (QED) is 0.591. The zero-order valence-corrected chi connectivity index (χ0v) is 19.4. The van der Waals surface area contributed by atoms with E-state index in [2.05, 4.69) is 4.98 Å². The molecule has 8 nitrogen and oxygen atoms in total. The van der Waals surface area contributed by atoms with Crippen LogP contribution in [0.5, 0.6) is 5.75 Å². The number of benzene rings is 2. The van der Waals surface area contributed by atoms with Crippen molar-refractivity contribution in [1.82, 2.24) is 19.8 Å². The standard InChI is InChI=1S/C26H28N4O4/c1-29-22(31)14-26(25(29)33,18-9-3-6-12-21(18)34-2)15-23(32)30-13-7-8-17(16-30)24-27-19-10-4-5-11-20(19)28-24/h3-6,9-12,17H,7-8,13-16H2,1-2H3,(H,27,28)/t17-,26+/m0/s1. The molecule has 0 spiro atoms. The van der Waals surface area contributed by atoms with Gasteiger partial charge in [-0.25, -0.2) is 4.98 Å². The lowest BCUT2D eigenvalue weighted by Gasteiger charge is -2.35. The molecule has 3 aromatic rings. The molecular formula is C26H28N4O4. The van der Waals surface area contributed by atoms with Crippen molar-refractivity contribution in [2.45, 2.75) is 37.0 Å². The van der Waals surface area contributed by atoms with Gasteiger partial charge in [-0.3, -0.25) is 19.3 Å². The van der Waals surface area contributed by atoms with Crippen LogP contribution in [0.25, 0.3) is 11.0 Å². The summed E-state index contributed by atoms with van der Waals surface area (Å²) < 4.78 is 5.51. The van der Waals surface area contributed by atoms with Gasteiger partial charge in [0.25, 0.3) is 0 Å². The Hall–Kier alpha value is -3.68. The molecule has 2 saturated heterocycles. The smallest absolute Gasteiger partial charge is 0.240 e. The molecule has 0 unspecified atom stereocenters. The summed E-state index contributed by atoms with van der Waals surface area (Å²) in [4.78, 5) is 50.6. The lowest BCUT2D eigenvalue weighted by atomic mass is 9.75. The number of amides is 3. The molecule has 0 saturated carbocycles. The van der Waals surface area contributed by atoms with Gasteiger partial charge in [-0.1, -0.05) is 30.3 Å². The number of nitrogens with zero attached hydrogens (tertiary/aromatic N) is 3. The number of aromatic nitrogens is 2. The number of rotatable bonds is 5. The molecule has 0 radical (unpaired) electrons. The van der Waals surface area contributed by atoms with Crippen LogP contribution in [0.3, 0.4) is 0 Å². The summed E-state index contributed by atoms with van der Waals surface area (Å²) in [5.41, 5.74) is 1.21. The Kier molecular flexibility index (Phi) is 5.59. The summed E-state index contributed by atoms with van der Waals surface area (Å²) in [5.74, 6) is 0.693. The first kappa shape index (κ1) is 22.1. The average molecular weight is 461 g/mol. The van der Waals surface area contributed by atoms with Crippen molar-refractivity contribution < 1.29 is 19.1 Å². The fraction of sp³-hybridized carbons (Fsp3) is 0.385. The van der Waals surface area contributed by atoms with Crippen molar-refractivity contribution in [3.05, 3.63) is 59.9 Å². The number of aromatic amines is 1. The number of hydrogen-bond donors (Lipinski definition) is 1. The number of fused-ring (bicyclic) bond motifs is 1. The van der Waals surface area contributed by atoms with Crippen molar-refractivity contribution in [2.75, 3.05) is 27.2 Å². The van der Waals surface area contributed by atoms with Crippen LogP contribution >= 0.6 is 0 Å². The minimum atomic E-state index is -1.26. The first-order valence-electron chi connectivity index (χ1n) is 11.6. The molecule has 5 rings (SSSR count). The summed E-state index contributed by atoms with van der Waals surface area (Å²) in [6.07, 6.45) is 1.66. The van der Waals surface area contributed by atoms with E-state index in [1.807, 2.05) is 35.2 Å². The van der Waals surface area contributed by atoms with Crippen molar-refractivity contribution in [3.63, 3.8) is 0 Å². The van der Waals surface area contributed by atoms with Crippen LogP contribution in [-0.2, 0) is 19.8 Å². The monoisotopic (exact) mass is 460 g/mol.